The van der Waals surface area contributed by atoms with Gasteiger partial charge in [-0.05, 0) is 258 Å². The van der Waals surface area contributed by atoms with E-state index in [0.29, 0.717) is 0 Å². The van der Waals surface area contributed by atoms with Crippen LogP contribution in [-0.4, -0.2) is 18.3 Å². The van der Waals surface area contributed by atoms with E-state index in [1.165, 1.54) is 248 Å². The second kappa shape index (κ2) is 30.1. The van der Waals surface area contributed by atoms with E-state index in [9.17, 15) is 0 Å². The molecule has 0 saturated carbocycles. The van der Waals surface area contributed by atoms with E-state index >= 15 is 0 Å². The first-order chi connectivity index (χ1) is 64.8. The molecule has 131 heavy (non-hydrogen) atoms. The molecule has 0 amide bonds. The maximum atomic E-state index is 2.49. The molecule has 22 aromatic carbocycles. The summed E-state index contributed by atoms with van der Waals surface area (Å²) < 4.78 is 9.68. The Bertz CT molecular complexity index is 9030. The third-order valence-electron chi connectivity index (χ3n) is 28.2. The largest absolute Gasteiger partial charge is 0.309 e. The zero-order valence-corrected chi connectivity index (χ0v) is 72.3. The fraction of sp³-hybridized carbons (Fsp3) is 0.0236. The Morgan fingerprint density at radius 2 is 0.374 bits per heavy atom. The minimum absolute atomic E-state index is 0.232. The first kappa shape index (κ1) is 75.4. The Morgan fingerprint density at radius 1 is 0.137 bits per heavy atom. The summed E-state index contributed by atoms with van der Waals surface area (Å²) in [5.74, 6) is 0. The number of rotatable bonds is 11. The molecule has 27 rings (SSSR count). The fourth-order valence-corrected chi connectivity index (χ4v) is 22.2. The lowest BCUT2D eigenvalue weighted by Crippen LogP contribution is -2.15. The van der Waals surface area contributed by atoms with Crippen molar-refractivity contribution < 1.29 is 0 Å². The van der Waals surface area contributed by atoms with Crippen molar-refractivity contribution in [1.82, 2.24) is 18.3 Å². The molecule has 0 spiro atoms. The van der Waals surface area contributed by atoms with E-state index in [4.69, 9.17) is 0 Å². The van der Waals surface area contributed by atoms with Crippen molar-refractivity contribution in [2.75, 3.05) is 0 Å². The van der Waals surface area contributed by atoms with Crippen molar-refractivity contribution in [1.29, 1.82) is 0 Å². The Morgan fingerprint density at radius 3 is 0.771 bits per heavy atom. The second-order valence-corrected chi connectivity index (χ2v) is 35.7. The lowest BCUT2D eigenvalue weighted by atomic mass is 9.80. The predicted molar refractivity (Wildman–Crippen MR) is 556 cm³/mol. The molecule has 0 fully saturated rings. The zero-order valence-electron chi connectivity index (χ0n) is 72.3. The van der Waals surface area contributed by atoms with E-state index in [-0.39, 0.29) is 5.41 Å². The number of benzene rings is 22. The molecule has 4 aromatic heterocycles. The number of nitrogens with zero attached hydrogens (tertiary/aromatic N) is 4. The van der Waals surface area contributed by atoms with Gasteiger partial charge in [-0.25, -0.2) is 0 Å². The van der Waals surface area contributed by atoms with Gasteiger partial charge in [-0.2, -0.15) is 0 Å². The van der Waals surface area contributed by atoms with Crippen LogP contribution in [0, 0.1) is 0 Å². The van der Waals surface area contributed by atoms with Gasteiger partial charge in [-0.3, -0.25) is 0 Å². The second-order valence-electron chi connectivity index (χ2n) is 35.7. The van der Waals surface area contributed by atoms with Crippen molar-refractivity contribution in [2.24, 2.45) is 0 Å². The quantitative estimate of drug-likeness (QED) is 0.115. The third kappa shape index (κ3) is 12.0. The van der Waals surface area contributed by atoms with Crippen LogP contribution < -0.4 is 0 Å². The van der Waals surface area contributed by atoms with Gasteiger partial charge in [0.2, 0.25) is 0 Å². The van der Waals surface area contributed by atoms with Crippen molar-refractivity contribution in [2.45, 2.75) is 19.3 Å². The van der Waals surface area contributed by atoms with E-state index < -0.39 is 0 Å². The van der Waals surface area contributed by atoms with Crippen LogP contribution >= 0.6 is 0 Å². The van der Waals surface area contributed by atoms with Gasteiger partial charge in [0.15, 0.2) is 0 Å². The van der Waals surface area contributed by atoms with E-state index in [0.717, 1.165) is 5.69 Å². The average Bonchev–Trinajstić information content (AvgIpc) is 1.67. The molecule has 4 nitrogen and oxygen atoms in total. The van der Waals surface area contributed by atoms with Crippen LogP contribution in [0.2, 0.25) is 0 Å². The van der Waals surface area contributed by atoms with Crippen LogP contribution in [0.4, 0.5) is 0 Å². The summed E-state index contributed by atoms with van der Waals surface area (Å²) >= 11 is 0. The van der Waals surface area contributed by atoms with Crippen LogP contribution in [0.1, 0.15) is 25.0 Å². The van der Waals surface area contributed by atoms with Gasteiger partial charge in [0.1, 0.15) is 0 Å². The normalized spacial score (nSPS) is 12.4. The van der Waals surface area contributed by atoms with Gasteiger partial charge in [0.25, 0.3) is 0 Å². The summed E-state index contributed by atoms with van der Waals surface area (Å²) in [5.41, 5.74) is 36.7. The first-order valence-electron chi connectivity index (χ1n) is 45.5. The van der Waals surface area contributed by atoms with Crippen LogP contribution in [0.25, 0.3) is 242 Å². The molecule has 0 saturated heterocycles. The van der Waals surface area contributed by atoms with Crippen molar-refractivity contribution in [3.63, 3.8) is 0 Å². The molecule has 0 aliphatic heterocycles. The minimum Gasteiger partial charge on any atom is -0.309 e. The predicted octanol–water partition coefficient (Wildman–Crippen LogP) is 34.3. The SMILES string of the molecule is CC1(C)c2cc(-c3c4ccccc4c(-c4ccccc4)c4ccccc34)ccc2-c2ccc(-n3c4ccccc4c4ccc(-c5ccc6c(c5)c5ccccc5n6-c5ccccc5)cc43)cc21.c1ccc(-c2c3ccccc3c(-c3ccc(-c4ccc(-n5c6ccccc6c6ccc(-c7ccc8c(c7)c7ccccc7n8-c7ccccc7)cc65)cc4)cc3)c3ccccc23)cc1. The lowest BCUT2D eigenvalue weighted by Gasteiger charge is -2.23. The molecule has 0 N–H and O–H groups in total. The standard InChI is InChI=1S/C65H44N2.C62H40N2/c1-65(2)57-38-44(64-54-25-11-9-23-52(54)63(41-17-5-3-6-18-41)53-24-10-12-26-55(53)64)30-33-47(57)48-35-32-46(40-58(48)65)67-59-27-15-13-21-49(59)51-34-29-43(39-62(51)67)42-31-36-61-56(37-42)50-22-14-16-28-60(50)66(61)45-19-7-4-8-20-45;1-3-15-43(16-4-1)61-52-21-7-9-23-54(52)62(55-24-10-8-22-53(55)61)44-29-27-41(28-30-44)42-31-35-48(36-32-42)64-57-25-13-11-19-49(57)51-37-33-46(40-60(51)64)45-34-38-59-56(39-45)50-20-12-14-26-58(50)63(59)47-17-5-2-6-18-47/h3-40H,1-2H3;1-40H. The molecule has 0 radical (unpaired) electrons. The molecule has 1 aliphatic rings. The van der Waals surface area contributed by atoms with Crippen LogP contribution in [-0.2, 0) is 5.41 Å². The highest BCUT2D eigenvalue weighted by Gasteiger charge is 2.37. The summed E-state index contributed by atoms with van der Waals surface area (Å²) in [6.07, 6.45) is 0. The highest BCUT2D eigenvalue weighted by Crippen LogP contribution is 2.54. The highest BCUT2D eigenvalue weighted by molar-refractivity contribution is 6.24. The van der Waals surface area contributed by atoms with Gasteiger partial charge in [-0.1, -0.05) is 372 Å². The van der Waals surface area contributed by atoms with Gasteiger partial charge >= 0.3 is 0 Å². The number of hydrogen-bond acceptors (Lipinski definition) is 0. The summed E-state index contributed by atoms with van der Waals surface area (Å²) in [6, 6.07) is 174. The smallest absolute Gasteiger partial charge is 0.0547 e. The third-order valence-corrected chi connectivity index (χ3v) is 28.2. The van der Waals surface area contributed by atoms with E-state index in [2.05, 4.69) is 505 Å². The fourth-order valence-electron chi connectivity index (χ4n) is 22.2. The Balaban J connectivity index is 0.000000138. The van der Waals surface area contributed by atoms with Gasteiger partial charge in [0.05, 0.1) is 44.1 Å². The van der Waals surface area contributed by atoms with Crippen molar-refractivity contribution in [3.05, 3.63) is 484 Å². The lowest BCUT2D eigenvalue weighted by molar-refractivity contribution is 0.660. The minimum atomic E-state index is -0.232. The van der Waals surface area contributed by atoms with Crippen molar-refractivity contribution in [3.8, 4) is 112 Å². The molecule has 0 bridgehead atoms. The molecule has 4 heteroatoms. The van der Waals surface area contributed by atoms with Crippen LogP contribution in [0.3, 0.4) is 0 Å². The number of hydrogen-bond donors (Lipinski definition) is 0. The van der Waals surface area contributed by atoms with Crippen molar-refractivity contribution >= 4 is 130 Å². The maximum absolute atomic E-state index is 2.49. The van der Waals surface area contributed by atoms with Gasteiger partial charge in [-0.15, -0.1) is 0 Å². The van der Waals surface area contributed by atoms with E-state index in [1.54, 1.807) is 0 Å². The number of aromatic nitrogens is 4. The molecule has 612 valence electrons. The average molecular weight is 1670 g/mol. The highest BCUT2D eigenvalue weighted by atomic mass is 15.0. The Labute approximate surface area is 758 Å². The zero-order chi connectivity index (χ0) is 86.5. The Hall–Kier alpha value is -16.9. The van der Waals surface area contributed by atoms with Gasteiger partial charge < -0.3 is 18.3 Å². The Kier molecular flexibility index (Phi) is 17.4. The molecular formula is C127H84N4. The summed E-state index contributed by atoms with van der Waals surface area (Å²) in [6.45, 7) is 4.82. The topological polar surface area (TPSA) is 19.7 Å². The van der Waals surface area contributed by atoms with Crippen LogP contribution in [0.15, 0.2) is 473 Å². The summed E-state index contributed by atoms with van der Waals surface area (Å²) in [5, 5.41) is 20.2. The molecule has 0 unspecified atom stereocenters. The molecule has 0 atom stereocenters. The first-order valence-corrected chi connectivity index (χ1v) is 45.5. The maximum Gasteiger partial charge on any atom is 0.0547 e. The number of para-hydroxylation sites is 6. The molecule has 1 aliphatic carbocycles. The number of fused-ring (bicyclic) bond motifs is 19. The molecular weight excluding hydrogens is 1580 g/mol. The monoisotopic (exact) mass is 1660 g/mol. The van der Waals surface area contributed by atoms with Gasteiger partial charge in [0, 0.05) is 71.3 Å². The summed E-state index contributed by atoms with van der Waals surface area (Å²) in [4.78, 5) is 0. The van der Waals surface area contributed by atoms with E-state index in [1.807, 2.05) is 0 Å². The van der Waals surface area contributed by atoms with Crippen LogP contribution in [0.5, 0.6) is 0 Å². The molecule has 4 heterocycles. The summed E-state index contributed by atoms with van der Waals surface area (Å²) in [7, 11) is 0. The molecule has 26 aromatic rings.